The summed E-state index contributed by atoms with van der Waals surface area (Å²) in [7, 11) is 0. The minimum Gasteiger partial charge on any atom is -0.508 e. The fourth-order valence-electron chi connectivity index (χ4n) is 3.78. The fourth-order valence-corrected chi connectivity index (χ4v) is 3.78. The van der Waals surface area contributed by atoms with Crippen LogP contribution >= 0.6 is 0 Å². The number of anilines is 2. The maximum atomic E-state index is 12.5. The minimum atomic E-state index is -0.258. The molecule has 0 saturated heterocycles. The molecule has 1 aliphatic rings. The molecule has 1 aromatic heterocycles. The molecule has 0 bridgehead atoms. The fraction of sp³-hybridized carbons (Fsp3) is 0.238. The van der Waals surface area contributed by atoms with Gasteiger partial charge in [-0.1, -0.05) is 17.7 Å². The smallest absolute Gasteiger partial charge is 0.350 e. The number of nitrogens with zero attached hydrogens (tertiary/aromatic N) is 2. The van der Waals surface area contributed by atoms with Gasteiger partial charge in [0.25, 0.3) is 0 Å². The summed E-state index contributed by atoms with van der Waals surface area (Å²) in [6.07, 6.45) is 0.710. The maximum absolute atomic E-state index is 12.5. The first-order chi connectivity index (χ1) is 12.4. The molecule has 26 heavy (non-hydrogen) atoms. The normalized spacial score (nSPS) is 12.4. The molecule has 2 heterocycles. The van der Waals surface area contributed by atoms with Gasteiger partial charge in [-0.05, 0) is 62.1 Å². The van der Waals surface area contributed by atoms with E-state index in [4.69, 9.17) is 0 Å². The van der Waals surface area contributed by atoms with Crippen molar-refractivity contribution in [2.75, 3.05) is 5.32 Å². The Hall–Kier alpha value is -3.08. The molecule has 4 rings (SSSR count). The van der Waals surface area contributed by atoms with Gasteiger partial charge in [0, 0.05) is 23.9 Å². The Labute approximate surface area is 152 Å². The molecular formula is C21H21N3O2. The first-order valence-corrected chi connectivity index (χ1v) is 8.71. The molecule has 3 aromatic rings. The van der Waals surface area contributed by atoms with E-state index >= 15 is 0 Å². The monoisotopic (exact) mass is 347 g/mol. The van der Waals surface area contributed by atoms with Gasteiger partial charge in [0.05, 0.1) is 5.69 Å². The lowest BCUT2D eigenvalue weighted by molar-refractivity contribution is 0.474. The molecular weight excluding hydrogens is 326 g/mol. The van der Waals surface area contributed by atoms with E-state index < -0.39 is 0 Å². The molecule has 0 saturated carbocycles. The van der Waals surface area contributed by atoms with Gasteiger partial charge in [0.1, 0.15) is 11.6 Å². The van der Waals surface area contributed by atoms with Gasteiger partial charge in [-0.25, -0.2) is 4.79 Å². The molecule has 0 radical (unpaired) electrons. The van der Waals surface area contributed by atoms with E-state index in [1.54, 1.807) is 16.7 Å². The molecule has 132 valence electrons. The number of aryl methyl sites for hydroxylation is 4. The Morgan fingerprint density at radius 2 is 1.81 bits per heavy atom. The standard InChI is InChI=1S/C21H21N3O2/c1-12-8-13(2)20(14(3)9-12)22-19-11-18-17-5-4-16(25)10-15(17)6-7-24(18)21(26)23-19/h4-5,8-11,25H,6-7H2,1-3H3,(H,22,23,26). The molecule has 5 heteroatoms. The molecule has 5 nitrogen and oxygen atoms in total. The summed E-state index contributed by atoms with van der Waals surface area (Å²) in [5, 5.41) is 13.1. The average Bonchev–Trinajstić information content (AvgIpc) is 2.57. The van der Waals surface area contributed by atoms with Crippen molar-refractivity contribution in [2.24, 2.45) is 0 Å². The third kappa shape index (κ3) is 2.75. The Morgan fingerprint density at radius 1 is 1.08 bits per heavy atom. The number of hydrogen-bond acceptors (Lipinski definition) is 4. The topological polar surface area (TPSA) is 67.2 Å². The average molecular weight is 347 g/mol. The molecule has 2 N–H and O–H groups in total. The van der Waals surface area contributed by atoms with Crippen LogP contribution in [0.25, 0.3) is 11.3 Å². The number of fused-ring (bicyclic) bond motifs is 3. The number of phenolic OH excluding ortho intramolecular Hbond substituents is 1. The van der Waals surface area contributed by atoms with E-state index in [2.05, 4.69) is 29.4 Å². The van der Waals surface area contributed by atoms with Crippen LogP contribution in [0.3, 0.4) is 0 Å². The molecule has 1 aliphatic heterocycles. The molecule has 0 fully saturated rings. The van der Waals surface area contributed by atoms with Crippen LogP contribution in [0.2, 0.25) is 0 Å². The van der Waals surface area contributed by atoms with Crippen molar-refractivity contribution in [2.45, 2.75) is 33.7 Å². The highest BCUT2D eigenvalue weighted by atomic mass is 16.3. The first-order valence-electron chi connectivity index (χ1n) is 8.71. The first kappa shape index (κ1) is 16.4. The Balaban J connectivity index is 1.82. The molecule has 2 aromatic carbocycles. The number of phenols is 1. The Kier molecular flexibility index (Phi) is 3.80. The Morgan fingerprint density at radius 3 is 2.54 bits per heavy atom. The highest BCUT2D eigenvalue weighted by Crippen LogP contribution is 2.32. The summed E-state index contributed by atoms with van der Waals surface area (Å²) < 4.78 is 1.69. The third-order valence-corrected chi connectivity index (χ3v) is 4.91. The minimum absolute atomic E-state index is 0.248. The van der Waals surface area contributed by atoms with E-state index in [-0.39, 0.29) is 11.4 Å². The van der Waals surface area contributed by atoms with Gasteiger partial charge in [0.15, 0.2) is 0 Å². The van der Waals surface area contributed by atoms with Crippen LogP contribution in [0.4, 0.5) is 11.5 Å². The van der Waals surface area contributed by atoms with Crippen LogP contribution in [-0.4, -0.2) is 14.7 Å². The van der Waals surface area contributed by atoms with Crippen molar-refractivity contribution >= 4 is 11.5 Å². The summed E-state index contributed by atoms with van der Waals surface area (Å²) in [5.41, 5.74) is 7.01. The van der Waals surface area contributed by atoms with Gasteiger partial charge in [-0.15, -0.1) is 0 Å². The van der Waals surface area contributed by atoms with Gasteiger partial charge in [0.2, 0.25) is 0 Å². The third-order valence-electron chi connectivity index (χ3n) is 4.91. The number of aromatic hydroxyl groups is 1. The van der Waals surface area contributed by atoms with Gasteiger partial charge < -0.3 is 10.4 Å². The van der Waals surface area contributed by atoms with Gasteiger partial charge >= 0.3 is 5.69 Å². The van der Waals surface area contributed by atoms with E-state index in [1.807, 2.05) is 26.0 Å². The maximum Gasteiger partial charge on any atom is 0.350 e. The molecule has 0 amide bonds. The highest BCUT2D eigenvalue weighted by Gasteiger charge is 2.19. The predicted molar refractivity (Wildman–Crippen MR) is 103 cm³/mol. The number of rotatable bonds is 2. The second kappa shape index (κ2) is 6.02. The van der Waals surface area contributed by atoms with E-state index in [9.17, 15) is 9.90 Å². The Bertz CT molecular complexity index is 1060. The quantitative estimate of drug-likeness (QED) is 0.739. The largest absolute Gasteiger partial charge is 0.508 e. The van der Waals surface area contributed by atoms with Gasteiger partial charge in [-0.2, -0.15) is 4.98 Å². The van der Waals surface area contributed by atoms with Crippen molar-refractivity contribution in [1.29, 1.82) is 0 Å². The molecule has 0 unspecified atom stereocenters. The number of hydrogen-bond donors (Lipinski definition) is 2. The SMILES string of the molecule is Cc1cc(C)c(Nc2cc3n(c(=O)n2)CCc2cc(O)ccc2-3)c(C)c1. The van der Waals surface area contributed by atoms with Crippen molar-refractivity contribution in [3.05, 3.63) is 69.1 Å². The zero-order chi connectivity index (χ0) is 18.4. The number of benzene rings is 2. The van der Waals surface area contributed by atoms with Crippen LogP contribution < -0.4 is 11.0 Å². The van der Waals surface area contributed by atoms with E-state index in [0.29, 0.717) is 18.8 Å². The molecule has 0 spiro atoms. The summed E-state index contributed by atoms with van der Waals surface area (Å²) in [4.78, 5) is 16.8. The van der Waals surface area contributed by atoms with Crippen LogP contribution in [-0.2, 0) is 13.0 Å². The van der Waals surface area contributed by atoms with E-state index in [0.717, 1.165) is 33.6 Å². The molecule has 0 aliphatic carbocycles. The van der Waals surface area contributed by atoms with E-state index in [1.165, 1.54) is 5.56 Å². The lowest BCUT2D eigenvalue weighted by Crippen LogP contribution is -2.28. The van der Waals surface area contributed by atoms with Crippen molar-refractivity contribution in [1.82, 2.24) is 9.55 Å². The lowest BCUT2D eigenvalue weighted by Gasteiger charge is -2.22. The van der Waals surface area contributed by atoms with Crippen LogP contribution in [0, 0.1) is 20.8 Å². The number of aromatic nitrogens is 2. The lowest BCUT2D eigenvalue weighted by atomic mass is 9.97. The molecule has 0 atom stereocenters. The summed E-state index contributed by atoms with van der Waals surface area (Å²) in [5.74, 6) is 0.787. The zero-order valence-corrected chi connectivity index (χ0v) is 15.1. The van der Waals surface area contributed by atoms with Crippen molar-refractivity contribution < 1.29 is 5.11 Å². The second-order valence-electron chi connectivity index (χ2n) is 6.95. The van der Waals surface area contributed by atoms with Crippen LogP contribution in [0.5, 0.6) is 5.75 Å². The van der Waals surface area contributed by atoms with Crippen LogP contribution in [0.1, 0.15) is 22.3 Å². The summed E-state index contributed by atoms with van der Waals surface area (Å²) in [6.45, 7) is 6.73. The number of nitrogens with one attached hydrogen (secondary N) is 1. The van der Waals surface area contributed by atoms with Crippen molar-refractivity contribution in [3.63, 3.8) is 0 Å². The predicted octanol–water partition coefficient (Wildman–Crippen LogP) is 3.84. The second-order valence-corrected chi connectivity index (χ2v) is 6.95. The zero-order valence-electron chi connectivity index (χ0n) is 15.1. The highest BCUT2D eigenvalue weighted by molar-refractivity contribution is 5.72. The van der Waals surface area contributed by atoms with Crippen LogP contribution in [0.15, 0.2) is 41.2 Å². The summed E-state index contributed by atoms with van der Waals surface area (Å²) >= 11 is 0. The van der Waals surface area contributed by atoms with Gasteiger partial charge in [-0.3, -0.25) is 4.57 Å². The summed E-state index contributed by atoms with van der Waals surface area (Å²) in [6, 6.07) is 11.4. The van der Waals surface area contributed by atoms with Crippen molar-refractivity contribution in [3.8, 4) is 17.0 Å².